The molecule has 0 unspecified atom stereocenters. The number of ether oxygens (including phenoxy) is 1. The molecular weight excluding hydrogens is 419 g/mol. The third-order valence-corrected chi connectivity index (χ3v) is 5.08. The number of hydrogen-bond acceptors (Lipinski definition) is 5. The fourth-order valence-electron chi connectivity index (χ4n) is 3.31. The number of esters is 1. The fraction of sp³-hybridized carbons (Fsp3) is 0.300. The number of ketones is 1. The van der Waals surface area contributed by atoms with E-state index in [1.54, 1.807) is 31.2 Å². The van der Waals surface area contributed by atoms with Crippen molar-refractivity contribution in [3.63, 3.8) is 0 Å². The summed E-state index contributed by atoms with van der Waals surface area (Å²) < 4.78 is 6.81. The Balaban J connectivity index is 1.71. The highest BCUT2D eigenvalue weighted by Gasteiger charge is 2.31. The summed E-state index contributed by atoms with van der Waals surface area (Å²) in [6.45, 7) is 2.62. The Morgan fingerprint density at radius 1 is 1.00 bits per heavy atom. The van der Waals surface area contributed by atoms with E-state index in [4.69, 9.17) is 27.9 Å². The van der Waals surface area contributed by atoms with Crippen LogP contribution in [0.5, 0.6) is 0 Å². The standard InChI is InChI=1S/C20H18Cl2N2O5/c1-11-5-16(12(2)24(11)15-7-13(21)6-14(22)8-15)17(25)10-29-20(28)9-23-18(26)3-4-19(23)27/h5-8H,3-4,9-10H2,1-2H3. The molecule has 1 aromatic heterocycles. The molecule has 0 atom stereocenters. The van der Waals surface area contributed by atoms with E-state index >= 15 is 0 Å². The van der Waals surface area contributed by atoms with Crippen LogP contribution in [0.2, 0.25) is 10.0 Å². The Morgan fingerprint density at radius 3 is 2.17 bits per heavy atom. The molecule has 0 N–H and O–H groups in total. The molecular formula is C20H18Cl2N2O5. The van der Waals surface area contributed by atoms with Crippen LogP contribution < -0.4 is 0 Å². The molecule has 29 heavy (non-hydrogen) atoms. The molecule has 1 aliphatic rings. The van der Waals surface area contributed by atoms with E-state index < -0.39 is 36.7 Å². The maximum Gasteiger partial charge on any atom is 0.326 e. The van der Waals surface area contributed by atoms with Crippen LogP contribution >= 0.6 is 23.2 Å². The summed E-state index contributed by atoms with van der Waals surface area (Å²) in [7, 11) is 0. The number of hydrogen-bond donors (Lipinski definition) is 0. The molecule has 2 amide bonds. The van der Waals surface area contributed by atoms with Crippen molar-refractivity contribution in [2.75, 3.05) is 13.2 Å². The Hall–Kier alpha value is -2.64. The molecule has 0 spiro atoms. The first-order chi connectivity index (χ1) is 13.7. The lowest BCUT2D eigenvalue weighted by Crippen LogP contribution is -2.35. The number of carbonyl (C=O) groups is 4. The van der Waals surface area contributed by atoms with Gasteiger partial charge in [-0.3, -0.25) is 24.1 Å². The molecule has 1 aliphatic heterocycles. The number of Topliss-reactive ketones (excluding diaryl/α,β-unsaturated/α-hetero) is 1. The van der Waals surface area contributed by atoms with Gasteiger partial charge in [0.05, 0.1) is 0 Å². The number of aromatic nitrogens is 1. The van der Waals surface area contributed by atoms with Gasteiger partial charge in [0, 0.05) is 45.5 Å². The van der Waals surface area contributed by atoms with Crippen LogP contribution in [-0.2, 0) is 19.1 Å². The van der Waals surface area contributed by atoms with Crippen LogP contribution in [0.25, 0.3) is 5.69 Å². The summed E-state index contributed by atoms with van der Waals surface area (Å²) in [5, 5.41) is 0.931. The SMILES string of the molecule is Cc1cc(C(=O)COC(=O)CN2C(=O)CCC2=O)c(C)n1-c1cc(Cl)cc(Cl)c1. The van der Waals surface area contributed by atoms with E-state index in [1.807, 2.05) is 11.5 Å². The van der Waals surface area contributed by atoms with E-state index in [9.17, 15) is 19.2 Å². The first-order valence-electron chi connectivity index (χ1n) is 8.85. The molecule has 9 heteroatoms. The third-order valence-electron chi connectivity index (χ3n) is 4.64. The van der Waals surface area contributed by atoms with Crippen molar-refractivity contribution in [1.29, 1.82) is 0 Å². The molecule has 2 heterocycles. The fourth-order valence-corrected chi connectivity index (χ4v) is 3.82. The molecule has 2 aromatic rings. The average molecular weight is 437 g/mol. The molecule has 0 radical (unpaired) electrons. The number of nitrogens with zero attached hydrogens (tertiary/aromatic N) is 2. The van der Waals surface area contributed by atoms with Crippen LogP contribution in [0, 0.1) is 13.8 Å². The van der Waals surface area contributed by atoms with Gasteiger partial charge in [-0.1, -0.05) is 23.2 Å². The van der Waals surface area contributed by atoms with Crippen molar-refractivity contribution < 1.29 is 23.9 Å². The number of halogens is 2. The van der Waals surface area contributed by atoms with Gasteiger partial charge in [-0.2, -0.15) is 0 Å². The Labute approximate surface area is 177 Å². The van der Waals surface area contributed by atoms with Crippen molar-refractivity contribution in [1.82, 2.24) is 9.47 Å². The zero-order valence-electron chi connectivity index (χ0n) is 15.8. The van der Waals surface area contributed by atoms with Gasteiger partial charge in [0.15, 0.2) is 6.61 Å². The van der Waals surface area contributed by atoms with E-state index in [1.165, 1.54) is 0 Å². The average Bonchev–Trinajstić information content (AvgIpc) is 3.11. The highest BCUT2D eigenvalue weighted by Crippen LogP contribution is 2.26. The highest BCUT2D eigenvalue weighted by molar-refractivity contribution is 6.34. The lowest BCUT2D eigenvalue weighted by molar-refractivity contribution is -0.151. The van der Waals surface area contributed by atoms with E-state index in [0.29, 0.717) is 27.0 Å². The number of likely N-dealkylation sites (tertiary alicyclic amines) is 1. The van der Waals surface area contributed by atoms with Crippen LogP contribution in [0.15, 0.2) is 24.3 Å². The number of imide groups is 1. The second kappa shape index (κ2) is 8.39. The summed E-state index contributed by atoms with van der Waals surface area (Å²) >= 11 is 12.1. The van der Waals surface area contributed by atoms with Crippen LogP contribution in [0.1, 0.15) is 34.6 Å². The Morgan fingerprint density at radius 2 is 1.59 bits per heavy atom. The summed E-state index contributed by atoms with van der Waals surface area (Å²) in [4.78, 5) is 48.5. The summed E-state index contributed by atoms with van der Waals surface area (Å²) in [5.41, 5.74) is 2.52. The first kappa shape index (κ1) is 21.1. The van der Waals surface area contributed by atoms with Gasteiger partial charge in [-0.15, -0.1) is 0 Å². The van der Waals surface area contributed by atoms with E-state index in [2.05, 4.69) is 0 Å². The molecule has 1 saturated heterocycles. The number of amides is 2. The number of carbonyl (C=O) groups excluding carboxylic acids is 4. The van der Waals surface area contributed by atoms with Gasteiger partial charge in [-0.05, 0) is 38.1 Å². The van der Waals surface area contributed by atoms with Gasteiger partial charge in [-0.25, -0.2) is 0 Å². The quantitative estimate of drug-likeness (QED) is 0.394. The normalized spacial score (nSPS) is 13.9. The Kier molecular flexibility index (Phi) is 6.10. The van der Waals surface area contributed by atoms with E-state index in [0.717, 1.165) is 10.6 Å². The minimum atomic E-state index is -0.808. The first-order valence-corrected chi connectivity index (χ1v) is 9.60. The zero-order valence-corrected chi connectivity index (χ0v) is 17.3. The lowest BCUT2D eigenvalue weighted by Gasteiger charge is -2.13. The molecule has 152 valence electrons. The van der Waals surface area contributed by atoms with Crippen molar-refractivity contribution in [2.45, 2.75) is 26.7 Å². The van der Waals surface area contributed by atoms with Crippen LogP contribution in [-0.4, -0.2) is 46.2 Å². The summed E-state index contributed by atoms with van der Waals surface area (Å²) in [6, 6.07) is 6.76. The molecule has 0 saturated carbocycles. The Bertz CT molecular complexity index is 992. The van der Waals surface area contributed by atoms with Crippen molar-refractivity contribution >= 4 is 46.8 Å². The second-order valence-corrected chi connectivity index (χ2v) is 7.58. The molecule has 3 rings (SSSR count). The predicted octanol–water partition coefficient (Wildman–Crippen LogP) is 3.28. The van der Waals surface area contributed by atoms with Gasteiger partial charge >= 0.3 is 5.97 Å². The third kappa shape index (κ3) is 4.52. The summed E-state index contributed by atoms with van der Waals surface area (Å²) in [5.74, 6) is -2.04. The van der Waals surface area contributed by atoms with Crippen molar-refractivity contribution in [2.24, 2.45) is 0 Å². The van der Waals surface area contributed by atoms with E-state index in [-0.39, 0.29) is 12.8 Å². The van der Waals surface area contributed by atoms with Gasteiger partial charge in [0.25, 0.3) is 0 Å². The topological polar surface area (TPSA) is 85.7 Å². The molecule has 1 aromatic carbocycles. The molecule has 1 fully saturated rings. The van der Waals surface area contributed by atoms with Crippen LogP contribution in [0.4, 0.5) is 0 Å². The van der Waals surface area contributed by atoms with Crippen molar-refractivity contribution in [3.8, 4) is 5.69 Å². The predicted molar refractivity (Wildman–Crippen MR) is 107 cm³/mol. The highest BCUT2D eigenvalue weighted by atomic mass is 35.5. The number of benzene rings is 1. The number of rotatable bonds is 6. The minimum absolute atomic E-state index is 0.0878. The molecule has 0 aliphatic carbocycles. The maximum absolute atomic E-state index is 12.6. The largest absolute Gasteiger partial charge is 0.456 e. The van der Waals surface area contributed by atoms with Gasteiger partial charge in [0.1, 0.15) is 6.54 Å². The molecule has 7 nitrogen and oxygen atoms in total. The number of aryl methyl sites for hydroxylation is 1. The monoisotopic (exact) mass is 436 g/mol. The zero-order chi connectivity index (χ0) is 21.3. The maximum atomic E-state index is 12.6. The second-order valence-electron chi connectivity index (χ2n) is 6.71. The molecule has 0 bridgehead atoms. The smallest absolute Gasteiger partial charge is 0.326 e. The van der Waals surface area contributed by atoms with Crippen molar-refractivity contribution in [3.05, 3.63) is 51.3 Å². The van der Waals surface area contributed by atoms with Gasteiger partial charge < -0.3 is 9.30 Å². The lowest BCUT2D eigenvalue weighted by atomic mass is 10.1. The van der Waals surface area contributed by atoms with Crippen LogP contribution in [0.3, 0.4) is 0 Å². The minimum Gasteiger partial charge on any atom is -0.456 e. The summed E-state index contributed by atoms with van der Waals surface area (Å²) in [6.07, 6.45) is 0.176. The van der Waals surface area contributed by atoms with Gasteiger partial charge in [0.2, 0.25) is 17.6 Å².